The van der Waals surface area contributed by atoms with Gasteiger partial charge in [-0.3, -0.25) is 4.79 Å². The number of thioether (sulfide) groups is 1. The average Bonchev–Trinajstić information content (AvgIpc) is 2.81. The van der Waals surface area contributed by atoms with Crippen LogP contribution in [0.3, 0.4) is 0 Å². The fraction of sp³-hybridized carbons (Fsp3) is 0.462. The van der Waals surface area contributed by atoms with E-state index in [1.807, 2.05) is 30.0 Å². The Kier molecular flexibility index (Phi) is 3.47. The summed E-state index contributed by atoms with van der Waals surface area (Å²) in [5.74, 6) is 3.78. The van der Waals surface area contributed by atoms with E-state index in [0.29, 0.717) is 5.92 Å². The molecule has 1 aliphatic rings. The number of aldehydes is 1. The zero-order valence-electron chi connectivity index (χ0n) is 8.98. The highest BCUT2D eigenvalue weighted by Crippen LogP contribution is 2.36. The molecule has 1 nitrogen and oxygen atoms in total. The molecule has 0 N–H and O–H groups in total. The van der Waals surface area contributed by atoms with Crippen LogP contribution < -0.4 is 0 Å². The summed E-state index contributed by atoms with van der Waals surface area (Å²) in [7, 11) is 0. The van der Waals surface area contributed by atoms with Gasteiger partial charge in [-0.05, 0) is 35.3 Å². The van der Waals surface area contributed by atoms with Crippen LogP contribution in [0.15, 0.2) is 24.3 Å². The van der Waals surface area contributed by atoms with E-state index in [1.54, 1.807) is 0 Å². The predicted octanol–water partition coefficient (Wildman–Crippen LogP) is 3.36. The number of benzene rings is 1. The van der Waals surface area contributed by atoms with Gasteiger partial charge in [0, 0.05) is 5.56 Å². The summed E-state index contributed by atoms with van der Waals surface area (Å²) in [6, 6.07) is 7.97. The first-order valence-corrected chi connectivity index (χ1v) is 6.60. The smallest absolute Gasteiger partial charge is 0.150 e. The van der Waals surface area contributed by atoms with Crippen molar-refractivity contribution in [1.82, 2.24) is 0 Å². The zero-order valence-corrected chi connectivity index (χ0v) is 9.80. The number of carbonyl (C=O) groups is 1. The topological polar surface area (TPSA) is 17.1 Å². The molecule has 0 bridgehead atoms. The Bertz CT molecular complexity index is 342. The molecule has 1 aromatic carbocycles. The third kappa shape index (κ3) is 2.25. The molecule has 1 aromatic rings. The third-order valence-electron chi connectivity index (χ3n) is 3.29. The lowest BCUT2D eigenvalue weighted by atomic mass is 9.85. The highest BCUT2D eigenvalue weighted by atomic mass is 32.2. The van der Waals surface area contributed by atoms with Crippen molar-refractivity contribution in [3.05, 3.63) is 35.4 Å². The molecule has 0 spiro atoms. The van der Waals surface area contributed by atoms with Crippen LogP contribution in [0.25, 0.3) is 0 Å². The van der Waals surface area contributed by atoms with Crippen LogP contribution in [0.2, 0.25) is 0 Å². The maximum absolute atomic E-state index is 10.9. The van der Waals surface area contributed by atoms with Crippen molar-refractivity contribution in [2.24, 2.45) is 5.92 Å². The second kappa shape index (κ2) is 4.84. The lowest BCUT2D eigenvalue weighted by Gasteiger charge is -2.19. The Hall–Kier alpha value is -0.760. The lowest BCUT2D eigenvalue weighted by Crippen LogP contribution is -2.10. The molecule has 2 atom stereocenters. The van der Waals surface area contributed by atoms with E-state index in [0.717, 1.165) is 17.8 Å². The molecule has 1 heterocycles. The number of rotatable bonds is 3. The van der Waals surface area contributed by atoms with Crippen LogP contribution in [0.4, 0.5) is 0 Å². The van der Waals surface area contributed by atoms with E-state index in [2.05, 4.69) is 13.0 Å². The first kappa shape index (κ1) is 10.7. The highest BCUT2D eigenvalue weighted by Gasteiger charge is 2.24. The van der Waals surface area contributed by atoms with Crippen molar-refractivity contribution in [1.29, 1.82) is 0 Å². The second-order valence-electron chi connectivity index (χ2n) is 4.16. The molecule has 0 saturated carbocycles. The van der Waals surface area contributed by atoms with Crippen molar-refractivity contribution in [2.45, 2.75) is 19.3 Å². The van der Waals surface area contributed by atoms with Gasteiger partial charge in [-0.1, -0.05) is 31.2 Å². The van der Waals surface area contributed by atoms with Crippen LogP contribution in [0.1, 0.15) is 35.2 Å². The number of carbonyl (C=O) groups excluding carboxylic acids is 1. The summed E-state index contributed by atoms with van der Waals surface area (Å²) in [5.41, 5.74) is 2.09. The average molecular weight is 220 g/mol. The van der Waals surface area contributed by atoms with Crippen molar-refractivity contribution in [2.75, 3.05) is 11.5 Å². The molecule has 2 heteroatoms. The van der Waals surface area contributed by atoms with E-state index in [4.69, 9.17) is 0 Å². The van der Waals surface area contributed by atoms with Gasteiger partial charge in [-0.15, -0.1) is 0 Å². The molecule has 2 rings (SSSR count). The van der Waals surface area contributed by atoms with Gasteiger partial charge in [0.1, 0.15) is 6.29 Å². The Morgan fingerprint density at radius 1 is 1.47 bits per heavy atom. The van der Waals surface area contributed by atoms with E-state index in [1.165, 1.54) is 23.5 Å². The van der Waals surface area contributed by atoms with Crippen LogP contribution in [-0.2, 0) is 0 Å². The quantitative estimate of drug-likeness (QED) is 0.727. The molecule has 0 aromatic heterocycles. The van der Waals surface area contributed by atoms with Crippen LogP contribution in [0, 0.1) is 5.92 Å². The zero-order chi connectivity index (χ0) is 10.7. The van der Waals surface area contributed by atoms with E-state index >= 15 is 0 Å². The van der Waals surface area contributed by atoms with Gasteiger partial charge >= 0.3 is 0 Å². The Labute approximate surface area is 95.3 Å². The lowest BCUT2D eigenvalue weighted by molar-refractivity contribution is 0.112. The molecule has 0 aliphatic carbocycles. The number of hydrogen-bond acceptors (Lipinski definition) is 2. The first-order chi connectivity index (χ1) is 7.33. The van der Waals surface area contributed by atoms with Crippen molar-refractivity contribution >= 4 is 18.0 Å². The summed E-state index contributed by atoms with van der Waals surface area (Å²) in [6.07, 6.45) is 2.27. The highest BCUT2D eigenvalue weighted by molar-refractivity contribution is 7.99. The molecule has 15 heavy (non-hydrogen) atoms. The SMILES string of the molecule is CC(c1ccccc1C=O)C1CCSC1. The summed E-state index contributed by atoms with van der Waals surface area (Å²) in [5, 5.41) is 0. The Balaban J connectivity index is 2.23. The monoisotopic (exact) mass is 220 g/mol. The standard InChI is InChI=1S/C13H16OS/c1-10(12-6-7-15-9-12)13-5-3-2-4-11(13)8-14/h2-5,8,10,12H,6-7,9H2,1H3. The fourth-order valence-electron chi connectivity index (χ4n) is 2.23. The van der Waals surface area contributed by atoms with Crippen molar-refractivity contribution in [3.63, 3.8) is 0 Å². The van der Waals surface area contributed by atoms with Gasteiger partial charge in [0.15, 0.2) is 0 Å². The van der Waals surface area contributed by atoms with Gasteiger partial charge in [0.2, 0.25) is 0 Å². The summed E-state index contributed by atoms with van der Waals surface area (Å²) >= 11 is 2.03. The molecule has 2 unspecified atom stereocenters. The second-order valence-corrected chi connectivity index (χ2v) is 5.31. The largest absolute Gasteiger partial charge is 0.298 e. The molecule has 1 saturated heterocycles. The Morgan fingerprint density at radius 3 is 2.93 bits per heavy atom. The minimum absolute atomic E-state index is 0.515. The summed E-state index contributed by atoms with van der Waals surface area (Å²) in [4.78, 5) is 10.9. The normalized spacial score (nSPS) is 22.6. The first-order valence-electron chi connectivity index (χ1n) is 5.44. The van der Waals surface area contributed by atoms with Crippen LogP contribution in [-0.4, -0.2) is 17.8 Å². The molecule has 1 fully saturated rings. The van der Waals surface area contributed by atoms with E-state index in [9.17, 15) is 4.79 Å². The molecular weight excluding hydrogens is 204 g/mol. The molecule has 0 radical (unpaired) electrons. The molecular formula is C13H16OS. The minimum Gasteiger partial charge on any atom is -0.298 e. The van der Waals surface area contributed by atoms with Gasteiger partial charge in [-0.25, -0.2) is 0 Å². The predicted molar refractivity (Wildman–Crippen MR) is 65.7 cm³/mol. The fourth-order valence-corrected chi connectivity index (χ4v) is 3.63. The van der Waals surface area contributed by atoms with Crippen molar-refractivity contribution < 1.29 is 4.79 Å². The summed E-state index contributed by atoms with van der Waals surface area (Å²) in [6.45, 7) is 2.25. The Morgan fingerprint density at radius 2 is 2.27 bits per heavy atom. The minimum atomic E-state index is 0.515. The van der Waals surface area contributed by atoms with Crippen LogP contribution in [0.5, 0.6) is 0 Å². The van der Waals surface area contributed by atoms with E-state index in [-0.39, 0.29) is 0 Å². The molecule has 1 aliphatic heterocycles. The van der Waals surface area contributed by atoms with Gasteiger partial charge in [0.05, 0.1) is 0 Å². The van der Waals surface area contributed by atoms with Gasteiger partial charge in [-0.2, -0.15) is 11.8 Å². The molecule has 80 valence electrons. The number of hydrogen-bond donors (Lipinski definition) is 0. The van der Waals surface area contributed by atoms with Crippen molar-refractivity contribution in [3.8, 4) is 0 Å². The van der Waals surface area contributed by atoms with Crippen LogP contribution >= 0.6 is 11.8 Å². The summed E-state index contributed by atoms with van der Waals surface area (Å²) < 4.78 is 0. The maximum atomic E-state index is 10.9. The van der Waals surface area contributed by atoms with Gasteiger partial charge in [0.25, 0.3) is 0 Å². The van der Waals surface area contributed by atoms with Gasteiger partial charge < -0.3 is 0 Å². The molecule has 0 amide bonds. The maximum Gasteiger partial charge on any atom is 0.150 e. The van der Waals surface area contributed by atoms with E-state index < -0.39 is 0 Å². The third-order valence-corrected chi connectivity index (χ3v) is 4.47.